The zero-order chi connectivity index (χ0) is 17.0. The summed E-state index contributed by atoms with van der Waals surface area (Å²) in [6.07, 6.45) is 4.05. The van der Waals surface area contributed by atoms with Crippen molar-refractivity contribution in [2.75, 3.05) is 28.4 Å². The van der Waals surface area contributed by atoms with Crippen molar-refractivity contribution in [3.05, 3.63) is 29.8 Å². The van der Waals surface area contributed by atoms with Crippen molar-refractivity contribution >= 4 is 11.8 Å². The van der Waals surface area contributed by atoms with Crippen LogP contribution < -0.4 is 14.2 Å². The first-order valence-electron chi connectivity index (χ1n) is 7.15. The normalized spacial score (nSPS) is 20.1. The van der Waals surface area contributed by atoms with E-state index in [1.165, 1.54) is 34.5 Å². The van der Waals surface area contributed by atoms with E-state index >= 15 is 0 Å². The number of hydrogen-bond acceptors (Lipinski definition) is 6. The minimum Gasteiger partial charge on any atom is -0.493 e. The lowest BCUT2D eigenvalue weighted by atomic mass is 9.70. The van der Waals surface area contributed by atoms with Crippen molar-refractivity contribution in [2.45, 2.75) is 18.3 Å². The van der Waals surface area contributed by atoms with Crippen LogP contribution in [0, 0.1) is 0 Å². The fourth-order valence-electron chi connectivity index (χ4n) is 2.95. The standard InChI is InChI=1S/C17H20O6/c1-20-12-9-8-11(14(21-2)15(12)22-3)17(16(19)23-4)10-6-5-7-13(17)18/h5,7-9H,6,10H2,1-4H3/t17-/m0/s1. The van der Waals surface area contributed by atoms with Crippen LogP contribution in [0.5, 0.6) is 17.2 Å². The first-order valence-corrected chi connectivity index (χ1v) is 7.15. The minimum absolute atomic E-state index is 0.292. The molecule has 2 rings (SSSR count). The molecule has 1 aromatic carbocycles. The van der Waals surface area contributed by atoms with Gasteiger partial charge in [-0.05, 0) is 31.1 Å². The van der Waals surface area contributed by atoms with Gasteiger partial charge >= 0.3 is 5.97 Å². The Morgan fingerprint density at radius 1 is 1.04 bits per heavy atom. The SMILES string of the molecule is COC(=O)[C@]1(c2ccc(OC)c(OC)c2OC)CCC=CC1=O. The van der Waals surface area contributed by atoms with E-state index < -0.39 is 11.4 Å². The molecule has 1 atom stereocenters. The number of allylic oxidation sites excluding steroid dienone is 2. The van der Waals surface area contributed by atoms with Crippen LogP contribution in [0.25, 0.3) is 0 Å². The van der Waals surface area contributed by atoms with Gasteiger partial charge in [0.05, 0.1) is 28.4 Å². The van der Waals surface area contributed by atoms with Crippen LogP contribution in [0.1, 0.15) is 18.4 Å². The second-order valence-corrected chi connectivity index (χ2v) is 5.08. The number of hydrogen-bond donors (Lipinski definition) is 0. The lowest BCUT2D eigenvalue weighted by molar-refractivity contribution is -0.151. The maximum Gasteiger partial charge on any atom is 0.324 e. The van der Waals surface area contributed by atoms with E-state index in [4.69, 9.17) is 18.9 Å². The Morgan fingerprint density at radius 2 is 1.74 bits per heavy atom. The molecule has 6 heteroatoms. The molecule has 1 aliphatic rings. The van der Waals surface area contributed by atoms with E-state index in [9.17, 15) is 9.59 Å². The van der Waals surface area contributed by atoms with Crippen molar-refractivity contribution in [3.63, 3.8) is 0 Å². The Balaban J connectivity index is 2.77. The third-order valence-electron chi connectivity index (χ3n) is 4.07. The van der Waals surface area contributed by atoms with Crippen LogP contribution in [0.2, 0.25) is 0 Å². The largest absolute Gasteiger partial charge is 0.493 e. The van der Waals surface area contributed by atoms with Gasteiger partial charge < -0.3 is 18.9 Å². The molecule has 0 radical (unpaired) electrons. The molecular weight excluding hydrogens is 300 g/mol. The van der Waals surface area contributed by atoms with E-state index in [1.807, 2.05) is 0 Å². The third-order valence-corrected chi connectivity index (χ3v) is 4.07. The van der Waals surface area contributed by atoms with Crippen molar-refractivity contribution in [1.82, 2.24) is 0 Å². The fraction of sp³-hybridized carbons (Fsp3) is 0.412. The molecule has 0 aliphatic heterocycles. The molecule has 23 heavy (non-hydrogen) atoms. The highest BCUT2D eigenvalue weighted by Crippen LogP contribution is 2.47. The van der Waals surface area contributed by atoms with E-state index in [-0.39, 0.29) is 5.78 Å². The number of ketones is 1. The predicted octanol–water partition coefficient (Wildman–Crippen LogP) is 2.04. The summed E-state index contributed by atoms with van der Waals surface area (Å²) < 4.78 is 21.0. The third kappa shape index (κ3) is 2.54. The van der Waals surface area contributed by atoms with E-state index in [2.05, 4.69) is 0 Å². The summed E-state index contributed by atoms with van der Waals surface area (Å²) in [4.78, 5) is 25.1. The van der Waals surface area contributed by atoms with Gasteiger partial charge in [-0.2, -0.15) is 0 Å². The second kappa shape index (κ2) is 6.73. The molecule has 0 heterocycles. The monoisotopic (exact) mass is 320 g/mol. The number of benzene rings is 1. The molecule has 0 spiro atoms. The summed E-state index contributed by atoms with van der Waals surface area (Å²) in [5.41, 5.74) is -1.02. The average Bonchev–Trinajstić information content (AvgIpc) is 2.60. The molecule has 124 valence electrons. The fourth-order valence-corrected chi connectivity index (χ4v) is 2.95. The van der Waals surface area contributed by atoms with Crippen molar-refractivity contribution in [2.24, 2.45) is 0 Å². The van der Waals surface area contributed by atoms with Gasteiger partial charge in [-0.3, -0.25) is 9.59 Å². The number of carbonyl (C=O) groups is 2. The van der Waals surface area contributed by atoms with Gasteiger partial charge in [0.2, 0.25) is 5.75 Å². The number of methoxy groups -OCH3 is 4. The second-order valence-electron chi connectivity index (χ2n) is 5.08. The topological polar surface area (TPSA) is 71.1 Å². The van der Waals surface area contributed by atoms with Crippen LogP contribution in [0.4, 0.5) is 0 Å². The van der Waals surface area contributed by atoms with Crippen LogP contribution in [0.15, 0.2) is 24.3 Å². The molecule has 0 fully saturated rings. The van der Waals surface area contributed by atoms with E-state index in [0.29, 0.717) is 35.7 Å². The number of esters is 1. The minimum atomic E-state index is -1.44. The van der Waals surface area contributed by atoms with Crippen LogP contribution >= 0.6 is 0 Å². The van der Waals surface area contributed by atoms with Crippen LogP contribution in [-0.4, -0.2) is 40.2 Å². The molecule has 1 aromatic rings. The van der Waals surface area contributed by atoms with Gasteiger partial charge in [0.1, 0.15) is 0 Å². The zero-order valence-corrected chi connectivity index (χ0v) is 13.7. The molecule has 1 aliphatic carbocycles. The lowest BCUT2D eigenvalue weighted by Gasteiger charge is -2.32. The first kappa shape index (κ1) is 16.9. The summed E-state index contributed by atoms with van der Waals surface area (Å²) >= 11 is 0. The van der Waals surface area contributed by atoms with Crippen LogP contribution in [-0.2, 0) is 19.7 Å². The average molecular weight is 320 g/mol. The van der Waals surface area contributed by atoms with E-state index in [0.717, 1.165) is 0 Å². The zero-order valence-electron chi connectivity index (χ0n) is 13.7. The Morgan fingerprint density at radius 3 is 2.26 bits per heavy atom. The predicted molar refractivity (Wildman–Crippen MR) is 83.2 cm³/mol. The summed E-state index contributed by atoms with van der Waals surface area (Å²) in [6, 6.07) is 3.29. The quantitative estimate of drug-likeness (QED) is 0.611. The smallest absolute Gasteiger partial charge is 0.324 e. The molecule has 0 unspecified atom stereocenters. The Kier molecular flexibility index (Phi) is 4.93. The number of rotatable bonds is 5. The lowest BCUT2D eigenvalue weighted by Crippen LogP contribution is -2.45. The van der Waals surface area contributed by atoms with Gasteiger partial charge in [-0.1, -0.05) is 6.08 Å². The first-order chi connectivity index (χ1) is 11.1. The Bertz CT molecular complexity index is 649. The molecular formula is C17H20O6. The maximum absolute atomic E-state index is 12.6. The highest BCUT2D eigenvalue weighted by molar-refractivity contribution is 6.15. The molecule has 0 saturated carbocycles. The van der Waals surface area contributed by atoms with Crippen molar-refractivity contribution in [3.8, 4) is 17.2 Å². The number of carbonyl (C=O) groups excluding carboxylic acids is 2. The van der Waals surface area contributed by atoms with Crippen molar-refractivity contribution < 1.29 is 28.5 Å². The van der Waals surface area contributed by atoms with Crippen LogP contribution in [0.3, 0.4) is 0 Å². The molecule has 0 aromatic heterocycles. The summed E-state index contributed by atoms with van der Waals surface area (Å²) in [6.45, 7) is 0. The van der Waals surface area contributed by atoms with Gasteiger partial charge in [0.15, 0.2) is 22.7 Å². The van der Waals surface area contributed by atoms with Gasteiger partial charge in [-0.15, -0.1) is 0 Å². The highest BCUT2D eigenvalue weighted by Gasteiger charge is 2.50. The molecule has 0 bridgehead atoms. The van der Waals surface area contributed by atoms with Gasteiger partial charge in [-0.25, -0.2) is 0 Å². The van der Waals surface area contributed by atoms with Gasteiger partial charge in [0.25, 0.3) is 0 Å². The number of ether oxygens (including phenoxy) is 4. The summed E-state index contributed by atoms with van der Waals surface area (Å²) in [7, 11) is 5.69. The van der Waals surface area contributed by atoms with Gasteiger partial charge in [0, 0.05) is 5.56 Å². The molecule has 0 amide bonds. The molecule has 6 nitrogen and oxygen atoms in total. The molecule has 0 saturated heterocycles. The summed E-state index contributed by atoms with van der Waals surface area (Å²) in [5.74, 6) is 0.129. The van der Waals surface area contributed by atoms with E-state index in [1.54, 1.807) is 18.2 Å². The van der Waals surface area contributed by atoms with Crippen molar-refractivity contribution in [1.29, 1.82) is 0 Å². The Labute approximate surface area is 135 Å². The highest BCUT2D eigenvalue weighted by atomic mass is 16.5. The summed E-state index contributed by atoms with van der Waals surface area (Å²) in [5, 5.41) is 0. The molecule has 0 N–H and O–H groups in total. The Hall–Kier alpha value is -2.50. The maximum atomic E-state index is 12.6.